The first-order valence-corrected chi connectivity index (χ1v) is 12.2. The number of carbonyl (C=O) groups is 1. The van der Waals surface area contributed by atoms with E-state index in [1.165, 1.54) is 50.5 Å². The fourth-order valence-electron chi connectivity index (χ4n) is 3.52. The Morgan fingerprint density at radius 1 is 0.774 bits per heavy atom. The molecule has 0 N–H and O–H groups in total. The van der Waals surface area contributed by atoms with Gasteiger partial charge in [0.25, 0.3) is 0 Å². The van der Waals surface area contributed by atoms with Crippen LogP contribution >= 0.6 is 0 Å². The van der Waals surface area contributed by atoms with Crippen LogP contribution in [-0.4, -0.2) is 12.6 Å². The number of benzene rings is 2. The molecule has 2 rings (SSSR count). The van der Waals surface area contributed by atoms with Gasteiger partial charge in [-0.25, -0.2) is 4.79 Å². The van der Waals surface area contributed by atoms with Crippen molar-refractivity contribution in [1.29, 1.82) is 0 Å². The van der Waals surface area contributed by atoms with Gasteiger partial charge in [-0.3, -0.25) is 0 Å². The lowest BCUT2D eigenvalue weighted by Crippen LogP contribution is -2.08. The molecule has 0 aliphatic rings. The molecule has 0 bridgehead atoms. The van der Waals surface area contributed by atoms with Gasteiger partial charge < -0.3 is 9.47 Å². The minimum atomic E-state index is -0.343. The second-order valence-corrected chi connectivity index (χ2v) is 8.60. The molecule has 170 valence electrons. The van der Waals surface area contributed by atoms with Crippen LogP contribution in [0.25, 0.3) is 0 Å². The predicted molar refractivity (Wildman–Crippen MR) is 129 cm³/mol. The first-order valence-electron chi connectivity index (χ1n) is 12.2. The van der Waals surface area contributed by atoms with Crippen LogP contribution in [0.3, 0.4) is 0 Å². The van der Waals surface area contributed by atoms with Gasteiger partial charge in [0, 0.05) is 0 Å². The summed E-state index contributed by atoms with van der Waals surface area (Å²) in [5, 5.41) is 0. The lowest BCUT2D eigenvalue weighted by molar-refractivity contribution is 0.0734. The fraction of sp³-hybridized carbons (Fsp3) is 0.536. The van der Waals surface area contributed by atoms with Crippen LogP contribution in [-0.2, 0) is 6.42 Å². The second kappa shape index (κ2) is 14.7. The third-order valence-electron chi connectivity index (χ3n) is 5.77. The molecule has 3 nitrogen and oxygen atoms in total. The second-order valence-electron chi connectivity index (χ2n) is 8.60. The summed E-state index contributed by atoms with van der Waals surface area (Å²) in [7, 11) is 0. The van der Waals surface area contributed by atoms with Gasteiger partial charge in [-0.2, -0.15) is 0 Å². The normalized spacial score (nSPS) is 11.8. The van der Waals surface area contributed by atoms with Gasteiger partial charge in [0.1, 0.15) is 11.5 Å². The number of unbranched alkanes of at least 4 members (excludes halogenated alkanes) is 7. The molecule has 0 fully saturated rings. The van der Waals surface area contributed by atoms with E-state index < -0.39 is 0 Å². The van der Waals surface area contributed by atoms with Crippen LogP contribution in [0.2, 0.25) is 0 Å². The predicted octanol–water partition coefficient (Wildman–Crippen LogP) is 8.01. The molecular weight excluding hydrogens is 384 g/mol. The van der Waals surface area contributed by atoms with E-state index in [0.717, 1.165) is 31.6 Å². The average molecular weight is 425 g/mol. The molecule has 0 aliphatic carbocycles. The molecule has 3 heteroatoms. The largest absolute Gasteiger partial charge is 0.494 e. The zero-order valence-corrected chi connectivity index (χ0v) is 19.7. The summed E-state index contributed by atoms with van der Waals surface area (Å²) in [6.45, 7) is 7.42. The number of rotatable bonds is 15. The van der Waals surface area contributed by atoms with Crippen molar-refractivity contribution in [2.45, 2.75) is 85.0 Å². The Labute approximate surface area is 189 Å². The summed E-state index contributed by atoms with van der Waals surface area (Å²) in [6, 6.07) is 15.0. The SMILES string of the molecule is CCCCCCCCCCOc1ccc(C(=O)Oc2ccc(C[C@@H](C)CC)cc2)cc1. The lowest BCUT2D eigenvalue weighted by atomic mass is 9.99. The smallest absolute Gasteiger partial charge is 0.343 e. The van der Waals surface area contributed by atoms with Crippen LogP contribution in [0.4, 0.5) is 0 Å². The molecule has 0 aliphatic heterocycles. The molecule has 0 amide bonds. The van der Waals surface area contributed by atoms with Crippen LogP contribution in [0.5, 0.6) is 11.5 Å². The van der Waals surface area contributed by atoms with Gasteiger partial charge >= 0.3 is 5.97 Å². The van der Waals surface area contributed by atoms with Gasteiger partial charge in [-0.15, -0.1) is 0 Å². The first kappa shape index (κ1) is 25.0. The van der Waals surface area contributed by atoms with Crippen LogP contribution in [0.1, 0.15) is 94.5 Å². The minimum absolute atomic E-state index is 0.343. The molecule has 2 aromatic carbocycles. The quantitative estimate of drug-likeness (QED) is 0.165. The van der Waals surface area contributed by atoms with Crippen molar-refractivity contribution in [1.82, 2.24) is 0 Å². The Balaban J connectivity index is 1.68. The maximum absolute atomic E-state index is 12.4. The zero-order valence-electron chi connectivity index (χ0n) is 19.7. The summed E-state index contributed by atoms with van der Waals surface area (Å²) in [4.78, 5) is 12.4. The summed E-state index contributed by atoms with van der Waals surface area (Å²) in [5.41, 5.74) is 1.80. The summed E-state index contributed by atoms with van der Waals surface area (Å²) < 4.78 is 11.3. The molecule has 0 unspecified atom stereocenters. The van der Waals surface area contributed by atoms with Gasteiger partial charge in [0.05, 0.1) is 12.2 Å². The third-order valence-corrected chi connectivity index (χ3v) is 5.77. The summed E-state index contributed by atoms with van der Waals surface area (Å²) >= 11 is 0. The lowest BCUT2D eigenvalue weighted by Gasteiger charge is -2.10. The highest BCUT2D eigenvalue weighted by molar-refractivity contribution is 5.91. The van der Waals surface area contributed by atoms with E-state index in [4.69, 9.17) is 9.47 Å². The van der Waals surface area contributed by atoms with E-state index in [-0.39, 0.29) is 5.97 Å². The molecule has 0 spiro atoms. The zero-order chi connectivity index (χ0) is 22.3. The third kappa shape index (κ3) is 10.0. The van der Waals surface area contributed by atoms with Crippen molar-refractivity contribution in [3.8, 4) is 11.5 Å². The fourth-order valence-corrected chi connectivity index (χ4v) is 3.52. The molecule has 1 atom stereocenters. The molecule has 2 aromatic rings. The van der Waals surface area contributed by atoms with E-state index in [0.29, 0.717) is 17.2 Å². The van der Waals surface area contributed by atoms with Crippen molar-refractivity contribution < 1.29 is 14.3 Å². The van der Waals surface area contributed by atoms with Gasteiger partial charge in [-0.1, -0.05) is 84.3 Å². The van der Waals surface area contributed by atoms with E-state index in [1.807, 2.05) is 36.4 Å². The maximum atomic E-state index is 12.4. The highest BCUT2D eigenvalue weighted by Gasteiger charge is 2.09. The van der Waals surface area contributed by atoms with Crippen molar-refractivity contribution in [2.24, 2.45) is 5.92 Å². The molecule has 0 aromatic heterocycles. The molecular formula is C28H40O3. The van der Waals surface area contributed by atoms with Gasteiger partial charge in [0.2, 0.25) is 0 Å². The number of carbonyl (C=O) groups excluding carboxylic acids is 1. The molecule has 0 saturated carbocycles. The molecule has 0 radical (unpaired) electrons. The van der Waals surface area contributed by atoms with Crippen LogP contribution in [0.15, 0.2) is 48.5 Å². The summed E-state index contributed by atoms with van der Waals surface area (Å²) in [6.07, 6.45) is 12.5. The van der Waals surface area contributed by atoms with Crippen molar-refractivity contribution in [3.63, 3.8) is 0 Å². The van der Waals surface area contributed by atoms with Crippen LogP contribution < -0.4 is 9.47 Å². The number of esters is 1. The molecule has 0 heterocycles. The standard InChI is InChI=1S/C28H40O3/c1-4-6-7-8-9-10-11-12-21-30-26-19-15-25(16-20-26)28(29)31-27-17-13-24(14-18-27)22-23(3)5-2/h13-20,23H,4-12,21-22H2,1-3H3/t23-/m0/s1. The van der Waals surface area contributed by atoms with Gasteiger partial charge in [0.15, 0.2) is 0 Å². The number of ether oxygens (including phenoxy) is 2. The highest BCUT2D eigenvalue weighted by Crippen LogP contribution is 2.19. The van der Waals surface area contributed by atoms with Crippen molar-refractivity contribution in [3.05, 3.63) is 59.7 Å². The Bertz CT molecular complexity index is 734. The van der Waals surface area contributed by atoms with Crippen molar-refractivity contribution in [2.75, 3.05) is 6.61 Å². The minimum Gasteiger partial charge on any atom is -0.494 e. The number of hydrogen-bond donors (Lipinski definition) is 0. The Morgan fingerprint density at radius 2 is 1.35 bits per heavy atom. The Hall–Kier alpha value is -2.29. The molecule has 31 heavy (non-hydrogen) atoms. The number of hydrogen-bond acceptors (Lipinski definition) is 3. The Morgan fingerprint density at radius 3 is 1.97 bits per heavy atom. The van der Waals surface area contributed by atoms with Gasteiger partial charge in [-0.05, 0) is 60.7 Å². The van der Waals surface area contributed by atoms with E-state index in [1.54, 1.807) is 12.1 Å². The van der Waals surface area contributed by atoms with Crippen LogP contribution in [0, 0.1) is 5.92 Å². The average Bonchev–Trinajstić information content (AvgIpc) is 2.79. The van der Waals surface area contributed by atoms with E-state index in [9.17, 15) is 4.79 Å². The summed E-state index contributed by atoms with van der Waals surface area (Å²) in [5.74, 6) is 1.69. The maximum Gasteiger partial charge on any atom is 0.343 e. The monoisotopic (exact) mass is 424 g/mol. The Kier molecular flexibility index (Phi) is 11.8. The first-order chi connectivity index (χ1) is 15.1. The van der Waals surface area contributed by atoms with E-state index >= 15 is 0 Å². The molecule has 0 saturated heterocycles. The highest BCUT2D eigenvalue weighted by atomic mass is 16.5. The topological polar surface area (TPSA) is 35.5 Å². The van der Waals surface area contributed by atoms with Crippen molar-refractivity contribution >= 4 is 5.97 Å². The van der Waals surface area contributed by atoms with E-state index in [2.05, 4.69) is 20.8 Å².